The molecule has 2 rings (SSSR count). The number of fused-ring (bicyclic) bond motifs is 1. The van der Waals surface area contributed by atoms with E-state index in [1.807, 2.05) is 0 Å². The zero-order valence-electron chi connectivity index (χ0n) is 10.9. The lowest BCUT2D eigenvalue weighted by Crippen LogP contribution is -2.49. The van der Waals surface area contributed by atoms with E-state index in [0.717, 1.165) is 12.7 Å². The van der Waals surface area contributed by atoms with Crippen LogP contribution < -0.4 is 0 Å². The van der Waals surface area contributed by atoms with Crippen LogP contribution >= 0.6 is 0 Å². The maximum atomic E-state index is 11.4. The summed E-state index contributed by atoms with van der Waals surface area (Å²) < 4.78 is 0. The second-order valence-corrected chi connectivity index (χ2v) is 6.71. The van der Waals surface area contributed by atoms with Gasteiger partial charge in [0.15, 0.2) is 0 Å². The van der Waals surface area contributed by atoms with Crippen molar-refractivity contribution in [1.82, 2.24) is 0 Å². The molecule has 0 N–H and O–H groups in total. The van der Waals surface area contributed by atoms with E-state index in [2.05, 4.69) is 27.4 Å². The van der Waals surface area contributed by atoms with Gasteiger partial charge in [-0.2, -0.15) is 0 Å². The molecule has 2 saturated carbocycles. The SMILES string of the molecule is C=C1CC[C@H]2C(C)(C)CCCC2(C)[C@@H]1C=O. The molecule has 2 aliphatic rings. The lowest BCUT2D eigenvalue weighted by atomic mass is 9.48. The molecule has 0 heterocycles. The van der Waals surface area contributed by atoms with Gasteiger partial charge in [-0.05, 0) is 42.4 Å². The molecular weight excluding hydrogens is 196 g/mol. The van der Waals surface area contributed by atoms with Gasteiger partial charge in [0.1, 0.15) is 6.29 Å². The van der Waals surface area contributed by atoms with Crippen LogP contribution in [0.3, 0.4) is 0 Å². The van der Waals surface area contributed by atoms with Crippen molar-refractivity contribution < 1.29 is 4.79 Å². The van der Waals surface area contributed by atoms with Crippen LogP contribution in [0.2, 0.25) is 0 Å². The van der Waals surface area contributed by atoms with Crippen LogP contribution in [0.4, 0.5) is 0 Å². The number of hydrogen-bond acceptors (Lipinski definition) is 1. The molecule has 0 aromatic heterocycles. The van der Waals surface area contributed by atoms with Gasteiger partial charge in [-0.1, -0.05) is 39.3 Å². The Balaban J connectivity index is 2.38. The first-order chi connectivity index (χ1) is 7.42. The first-order valence-electron chi connectivity index (χ1n) is 6.55. The molecule has 1 heteroatoms. The van der Waals surface area contributed by atoms with Crippen molar-refractivity contribution in [2.24, 2.45) is 22.7 Å². The van der Waals surface area contributed by atoms with E-state index in [1.54, 1.807) is 0 Å². The predicted octanol–water partition coefficient (Wildman–Crippen LogP) is 3.98. The quantitative estimate of drug-likeness (QED) is 0.482. The standard InChI is InChI=1S/C15H24O/c1-11-6-7-13-14(2,3)8-5-9-15(13,4)12(11)10-16/h10,12-13H,1,5-9H2,2-4H3/t12-,13+,15?/m1/s1. The van der Waals surface area contributed by atoms with E-state index in [0.29, 0.717) is 11.3 Å². The second-order valence-electron chi connectivity index (χ2n) is 6.71. The Kier molecular flexibility index (Phi) is 2.76. The van der Waals surface area contributed by atoms with Crippen LogP contribution in [0.5, 0.6) is 0 Å². The Morgan fingerprint density at radius 3 is 2.62 bits per heavy atom. The minimum Gasteiger partial charge on any atom is -0.303 e. The first-order valence-corrected chi connectivity index (χ1v) is 6.55. The summed E-state index contributed by atoms with van der Waals surface area (Å²) in [7, 11) is 0. The average molecular weight is 220 g/mol. The summed E-state index contributed by atoms with van der Waals surface area (Å²) >= 11 is 0. The van der Waals surface area contributed by atoms with Crippen molar-refractivity contribution in [1.29, 1.82) is 0 Å². The van der Waals surface area contributed by atoms with Gasteiger partial charge in [-0.3, -0.25) is 0 Å². The summed E-state index contributed by atoms with van der Waals surface area (Å²) in [6.45, 7) is 11.2. The van der Waals surface area contributed by atoms with E-state index in [9.17, 15) is 4.79 Å². The third-order valence-corrected chi connectivity index (χ3v) is 5.32. The van der Waals surface area contributed by atoms with Crippen molar-refractivity contribution in [2.75, 3.05) is 0 Å². The summed E-state index contributed by atoms with van der Waals surface area (Å²) in [6.07, 6.45) is 7.21. The Bertz CT molecular complexity index is 315. The fourth-order valence-corrected chi connectivity index (χ4v) is 4.46. The van der Waals surface area contributed by atoms with E-state index in [-0.39, 0.29) is 11.3 Å². The van der Waals surface area contributed by atoms with Crippen molar-refractivity contribution in [3.8, 4) is 0 Å². The number of carbonyl (C=O) groups excluding carboxylic acids is 1. The highest BCUT2D eigenvalue weighted by Crippen LogP contribution is 2.60. The molecule has 16 heavy (non-hydrogen) atoms. The molecule has 1 unspecified atom stereocenters. The minimum absolute atomic E-state index is 0.103. The van der Waals surface area contributed by atoms with Crippen molar-refractivity contribution in [3.05, 3.63) is 12.2 Å². The van der Waals surface area contributed by atoms with Gasteiger partial charge in [0.2, 0.25) is 0 Å². The number of aldehydes is 1. The highest BCUT2D eigenvalue weighted by atomic mass is 16.1. The van der Waals surface area contributed by atoms with Gasteiger partial charge < -0.3 is 4.79 Å². The zero-order valence-corrected chi connectivity index (χ0v) is 10.9. The molecule has 0 aromatic carbocycles. The molecule has 2 fully saturated rings. The predicted molar refractivity (Wildman–Crippen MR) is 67.2 cm³/mol. The van der Waals surface area contributed by atoms with Crippen molar-refractivity contribution in [3.63, 3.8) is 0 Å². The molecule has 0 aliphatic heterocycles. The molecular formula is C15H24O. The van der Waals surface area contributed by atoms with Gasteiger partial charge in [-0.15, -0.1) is 0 Å². The Hall–Kier alpha value is -0.590. The lowest BCUT2D eigenvalue weighted by Gasteiger charge is -2.56. The van der Waals surface area contributed by atoms with Crippen molar-refractivity contribution in [2.45, 2.75) is 52.9 Å². The molecule has 3 atom stereocenters. The van der Waals surface area contributed by atoms with Crippen molar-refractivity contribution >= 4 is 6.29 Å². The molecule has 0 bridgehead atoms. The first kappa shape index (κ1) is 11.9. The third-order valence-electron chi connectivity index (χ3n) is 5.32. The van der Waals surface area contributed by atoms with Gasteiger partial charge in [0.05, 0.1) is 0 Å². The molecule has 1 nitrogen and oxygen atoms in total. The highest BCUT2D eigenvalue weighted by Gasteiger charge is 2.52. The second kappa shape index (κ2) is 3.72. The summed E-state index contributed by atoms with van der Waals surface area (Å²) in [5.41, 5.74) is 1.75. The molecule has 0 spiro atoms. The Labute approximate surface area is 99.3 Å². The zero-order chi connectivity index (χ0) is 12.0. The fraction of sp³-hybridized carbons (Fsp3) is 0.800. The van der Waals surface area contributed by atoms with E-state index in [1.165, 1.54) is 31.3 Å². The van der Waals surface area contributed by atoms with Gasteiger partial charge in [0, 0.05) is 5.92 Å². The van der Waals surface area contributed by atoms with E-state index in [4.69, 9.17) is 0 Å². The monoisotopic (exact) mass is 220 g/mol. The van der Waals surface area contributed by atoms with Crippen LogP contribution in [0.25, 0.3) is 0 Å². The van der Waals surface area contributed by atoms with E-state index < -0.39 is 0 Å². The number of allylic oxidation sites excluding steroid dienone is 1. The number of hydrogen-bond donors (Lipinski definition) is 0. The van der Waals surface area contributed by atoms with Crippen LogP contribution in [0.1, 0.15) is 52.9 Å². The van der Waals surface area contributed by atoms with Crippen LogP contribution in [0, 0.1) is 22.7 Å². The normalized spacial score (nSPS) is 42.6. The highest BCUT2D eigenvalue weighted by molar-refractivity contribution is 5.61. The summed E-state index contributed by atoms with van der Waals surface area (Å²) in [6, 6.07) is 0. The number of rotatable bonds is 1. The smallest absolute Gasteiger partial charge is 0.127 e. The van der Waals surface area contributed by atoms with E-state index >= 15 is 0 Å². The number of carbonyl (C=O) groups is 1. The summed E-state index contributed by atoms with van der Waals surface area (Å²) in [5.74, 6) is 0.792. The van der Waals surface area contributed by atoms with Crippen LogP contribution in [0.15, 0.2) is 12.2 Å². The molecule has 0 amide bonds. The molecule has 0 radical (unpaired) electrons. The third kappa shape index (κ3) is 1.56. The van der Waals surface area contributed by atoms with Crippen LogP contribution in [-0.2, 0) is 4.79 Å². The van der Waals surface area contributed by atoms with Gasteiger partial charge >= 0.3 is 0 Å². The Morgan fingerprint density at radius 2 is 2.00 bits per heavy atom. The average Bonchev–Trinajstić information content (AvgIpc) is 2.15. The van der Waals surface area contributed by atoms with Crippen LogP contribution in [-0.4, -0.2) is 6.29 Å². The summed E-state index contributed by atoms with van der Waals surface area (Å²) in [4.78, 5) is 11.4. The summed E-state index contributed by atoms with van der Waals surface area (Å²) in [5, 5.41) is 0. The topological polar surface area (TPSA) is 17.1 Å². The van der Waals surface area contributed by atoms with Gasteiger partial charge in [0.25, 0.3) is 0 Å². The largest absolute Gasteiger partial charge is 0.303 e. The molecule has 2 aliphatic carbocycles. The van der Waals surface area contributed by atoms with Gasteiger partial charge in [-0.25, -0.2) is 0 Å². The lowest BCUT2D eigenvalue weighted by molar-refractivity contribution is -0.121. The maximum absolute atomic E-state index is 11.4. The maximum Gasteiger partial charge on any atom is 0.127 e. The Morgan fingerprint density at radius 1 is 1.31 bits per heavy atom. The fourth-order valence-electron chi connectivity index (χ4n) is 4.46. The molecule has 90 valence electrons. The molecule has 0 saturated heterocycles. The molecule has 0 aromatic rings. The minimum atomic E-state index is 0.103.